The van der Waals surface area contributed by atoms with Gasteiger partial charge in [0.1, 0.15) is 19.4 Å². The molecule has 0 radical (unpaired) electrons. The summed E-state index contributed by atoms with van der Waals surface area (Å²) in [6, 6.07) is 0. The highest BCUT2D eigenvalue weighted by molar-refractivity contribution is 9.41. The topological polar surface area (TPSA) is 0 Å². The Kier molecular flexibility index (Phi) is 10.6. The third-order valence-electron chi connectivity index (χ3n) is 4.95. The van der Waals surface area contributed by atoms with Gasteiger partial charge in [0.05, 0.1) is 15.2 Å². The van der Waals surface area contributed by atoms with Gasteiger partial charge in [-0.25, -0.2) is 0 Å². The van der Waals surface area contributed by atoms with Crippen LogP contribution >= 0.6 is 287 Å². The van der Waals surface area contributed by atoms with Crippen molar-refractivity contribution in [1.82, 2.24) is 0 Å². The van der Waals surface area contributed by atoms with Gasteiger partial charge in [-0.05, 0) is 0 Å². The normalized spacial score (nSPS) is 37.9. The lowest BCUT2D eigenvalue weighted by Gasteiger charge is -2.62. The first-order chi connectivity index (χ1) is 11.8. The maximum atomic E-state index is 4.15. The Morgan fingerprint density at radius 3 is 0.750 bits per heavy atom. The zero-order valence-corrected chi connectivity index (χ0v) is 40.4. The van der Waals surface area contributed by atoms with Crippen LogP contribution in [0.15, 0.2) is 0 Å². The van der Waals surface area contributed by atoms with E-state index in [-0.39, 0.29) is 0 Å². The molecule has 2 aliphatic carbocycles. The van der Waals surface area contributed by atoms with Crippen molar-refractivity contribution < 1.29 is 0 Å². The Balaban J connectivity index is 3.46. The predicted molar refractivity (Wildman–Crippen MR) is 187 cm³/mol. The van der Waals surface area contributed by atoms with Gasteiger partial charge >= 0.3 is 0 Å². The number of rotatable bonds is 0. The summed E-state index contributed by atoms with van der Waals surface area (Å²) in [6.45, 7) is 0. The lowest BCUT2D eigenvalue weighted by Crippen LogP contribution is -2.70. The van der Waals surface area contributed by atoms with Gasteiger partial charge in [0, 0.05) is 0 Å². The van der Waals surface area contributed by atoms with E-state index in [9.17, 15) is 0 Å². The fraction of sp³-hybridized carbons (Fsp3) is 1.00. The van der Waals surface area contributed by atoms with Crippen LogP contribution in [-0.4, -0.2) is 23.7 Å². The van der Waals surface area contributed by atoms with Crippen LogP contribution in [0, 0.1) is 10.8 Å². The highest BCUT2D eigenvalue weighted by Gasteiger charge is 3.07. The Hall–Kier alpha value is 8.64. The Morgan fingerprint density at radius 1 is 0.357 bits per heavy atom. The number of halogens is 18. The summed E-state index contributed by atoms with van der Waals surface area (Å²) in [5, 5.41) is 0. The third kappa shape index (κ3) is 3.38. The van der Waals surface area contributed by atoms with E-state index in [1.807, 2.05) is 0 Å². The van der Waals surface area contributed by atoms with Crippen molar-refractivity contribution in [2.75, 3.05) is 0 Å². The second-order valence-electron chi connectivity index (χ2n) is 5.95. The number of fused-ring (bicyclic) bond motifs is 2. The maximum absolute atomic E-state index is 4.15. The lowest BCUT2D eigenvalue weighted by atomic mass is 9.70. The molecule has 0 aliphatic heterocycles. The molecular weight excluding hydrogens is 1560 g/mol. The van der Waals surface area contributed by atoms with Crippen molar-refractivity contribution >= 4 is 287 Å². The zero-order chi connectivity index (χ0) is 23.0. The van der Waals surface area contributed by atoms with Crippen molar-refractivity contribution in [2.45, 2.75) is 23.7 Å². The summed E-state index contributed by atoms with van der Waals surface area (Å²) in [4.78, 5) is 0. The first-order valence-electron chi connectivity index (χ1n) is 6.15. The van der Waals surface area contributed by atoms with Crippen molar-refractivity contribution in [3.05, 3.63) is 0 Å². The van der Waals surface area contributed by atoms with Gasteiger partial charge in [-0.3, -0.25) is 0 Å². The highest BCUT2D eigenvalue weighted by Crippen LogP contribution is 3.03. The van der Waals surface area contributed by atoms with Crippen molar-refractivity contribution in [3.8, 4) is 0 Å². The molecule has 0 aromatic heterocycles. The van der Waals surface area contributed by atoms with Crippen LogP contribution in [0.5, 0.6) is 0 Å². The number of hydrogen-bond donors (Lipinski definition) is 0. The summed E-state index contributed by atoms with van der Waals surface area (Å²) < 4.78 is -7.09. The van der Waals surface area contributed by atoms with E-state index in [1.54, 1.807) is 0 Å². The molecule has 0 spiro atoms. The van der Waals surface area contributed by atoms with E-state index in [1.165, 1.54) is 0 Å². The van der Waals surface area contributed by atoms with Crippen LogP contribution in [0.1, 0.15) is 0 Å². The second-order valence-corrected chi connectivity index (χ2v) is 41.2. The maximum Gasteiger partial charge on any atom is 0.145 e. The first-order valence-corrected chi connectivity index (χ1v) is 20.4. The summed E-state index contributed by atoms with van der Waals surface area (Å²) in [5.74, 6) is 0. The minimum Gasteiger partial charge on any atom is -0.0793 e. The fourth-order valence-corrected chi connectivity index (χ4v) is 32.3. The third-order valence-corrected chi connectivity index (χ3v) is 28.0. The molecule has 0 saturated heterocycles. The van der Waals surface area contributed by atoms with Gasteiger partial charge in [-0.2, -0.15) is 0 Å². The van der Waals surface area contributed by atoms with Crippen molar-refractivity contribution in [2.24, 2.45) is 10.8 Å². The molecule has 0 aromatic carbocycles. The molecule has 2 aliphatic rings. The first kappa shape index (κ1) is 32.8. The van der Waals surface area contributed by atoms with Crippen LogP contribution in [0.25, 0.3) is 0 Å². The smallest absolute Gasteiger partial charge is 0.0793 e. The highest BCUT2D eigenvalue weighted by atomic mass is 80.0. The van der Waals surface area contributed by atoms with Gasteiger partial charge in [-0.1, -0.05) is 287 Å². The van der Waals surface area contributed by atoms with Crippen molar-refractivity contribution in [1.29, 1.82) is 0 Å². The van der Waals surface area contributed by atoms with E-state index in [0.717, 1.165) is 0 Å². The molecule has 28 heavy (non-hydrogen) atoms. The molecule has 0 amide bonds. The Labute approximate surface area is 314 Å². The molecule has 2 bridgehead atoms. The van der Waals surface area contributed by atoms with Crippen molar-refractivity contribution in [3.63, 3.8) is 0 Å². The molecule has 2 saturated carbocycles. The van der Waals surface area contributed by atoms with Crippen LogP contribution < -0.4 is 0 Å². The second kappa shape index (κ2) is 9.08. The zero-order valence-electron chi connectivity index (χ0n) is 11.8. The van der Waals surface area contributed by atoms with Crippen LogP contribution in [0.4, 0.5) is 0 Å². The van der Waals surface area contributed by atoms with E-state index < -0.39 is 34.5 Å². The van der Waals surface area contributed by atoms with E-state index >= 15 is 0 Å². The molecule has 0 aromatic rings. The average Bonchev–Trinajstić information content (AvgIpc) is 2.55. The molecule has 0 unspecified atom stereocenters. The standard InChI is InChI=1S/C10Br18/c11-3-1(8(20,21)22,9(23,24)25)2(10(26,27)28,4(12,13)6(3,16)17)5(14,15)7(3,18)19. The predicted octanol–water partition coefficient (Wildman–Crippen LogP) is 13.6. The van der Waals surface area contributed by atoms with E-state index in [0.29, 0.717) is 0 Å². The largest absolute Gasteiger partial charge is 0.145 e. The molecular formula is C10Br18. The SMILES string of the molecule is BrC(Br)(Br)C12C(Br)(Br)C(Br)(Br)C(Br)(C(Br)(Br)C1(Br)Br)C2(C(Br)(Br)Br)C(Br)(Br)Br. The minimum atomic E-state index is -0.948. The molecule has 2 rings (SSSR count). The molecule has 0 atom stereocenters. The molecule has 0 heterocycles. The molecule has 18 heteroatoms. The Bertz CT molecular complexity index is 623. The molecule has 0 N–H and O–H groups in total. The van der Waals surface area contributed by atoms with Gasteiger partial charge in [0.25, 0.3) is 0 Å². The quantitative estimate of drug-likeness (QED) is 0.212. The summed E-state index contributed by atoms with van der Waals surface area (Å²) in [5.41, 5.74) is -1.90. The van der Waals surface area contributed by atoms with Gasteiger partial charge in [0.2, 0.25) is 0 Å². The van der Waals surface area contributed by atoms with Gasteiger partial charge < -0.3 is 0 Å². The molecule has 0 nitrogen and oxygen atoms in total. The van der Waals surface area contributed by atoms with Gasteiger partial charge in [-0.15, -0.1) is 0 Å². The summed E-state index contributed by atoms with van der Waals surface area (Å²) in [7, 11) is 0. The Morgan fingerprint density at radius 2 is 0.607 bits per heavy atom. The number of alkyl halides is 18. The monoisotopic (exact) mass is 1540 g/mol. The summed E-state index contributed by atoms with van der Waals surface area (Å²) >= 11 is 71.0. The molecule has 2 fully saturated rings. The average molecular weight is 1560 g/mol. The lowest BCUT2D eigenvalue weighted by molar-refractivity contribution is 0.142. The van der Waals surface area contributed by atoms with E-state index in [2.05, 4.69) is 287 Å². The van der Waals surface area contributed by atoms with Gasteiger partial charge in [0.15, 0.2) is 0 Å². The molecule has 166 valence electrons. The van der Waals surface area contributed by atoms with Crippen LogP contribution in [0.3, 0.4) is 0 Å². The van der Waals surface area contributed by atoms with Crippen LogP contribution in [0.2, 0.25) is 0 Å². The summed E-state index contributed by atoms with van der Waals surface area (Å²) in [6.07, 6.45) is 0. The van der Waals surface area contributed by atoms with Crippen LogP contribution in [-0.2, 0) is 0 Å². The van der Waals surface area contributed by atoms with E-state index in [4.69, 9.17) is 0 Å². The minimum absolute atomic E-state index is 0.848. The number of hydrogen-bond acceptors (Lipinski definition) is 0. The fourth-order valence-electron chi connectivity index (χ4n) is 4.04.